The van der Waals surface area contributed by atoms with E-state index >= 15 is 0 Å². The zero-order chi connectivity index (χ0) is 38.8. The number of benzene rings is 1. The number of hydrogen-bond acceptors (Lipinski definition) is 8. The number of nitrogens with one attached hydrogen (secondary N) is 2. The minimum absolute atomic E-state index is 0.0212. The van der Waals surface area contributed by atoms with E-state index in [9.17, 15) is 32.8 Å². The van der Waals surface area contributed by atoms with Gasteiger partial charge in [-0.05, 0) is 70.2 Å². The van der Waals surface area contributed by atoms with E-state index in [4.69, 9.17) is 9.47 Å². The van der Waals surface area contributed by atoms with Gasteiger partial charge in [0, 0.05) is 42.5 Å². The van der Waals surface area contributed by atoms with Gasteiger partial charge in [-0.15, -0.1) is 0 Å². The first-order valence-corrected chi connectivity index (χ1v) is 18.8. The maximum absolute atomic E-state index is 14.5. The van der Waals surface area contributed by atoms with Crippen LogP contribution in [0.25, 0.3) is 0 Å². The summed E-state index contributed by atoms with van der Waals surface area (Å²) in [4.78, 5) is 76.0. The van der Waals surface area contributed by atoms with Gasteiger partial charge in [0.2, 0.25) is 11.8 Å². The molecule has 1 aromatic heterocycles. The highest BCUT2D eigenvalue weighted by Crippen LogP contribution is 2.47. The number of rotatable bonds is 6. The molecule has 4 heterocycles. The van der Waals surface area contributed by atoms with Crippen LogP contribution in [0.15, 0.2) is 48.7 Å². The summed E-state index contributed by atoms with van der Waals surface area (Å²) < 4.78 is 39.4. The second-order valence-corrected chi connectivity index (χ2v) is 15.9. The van der Waals surface area contributed by atoms with Crippen LogP contribution in [-0.2, 0) is 36.9 Å². The first kappa shape index (κ1) is 38.8. The fourth-order valence-corrected chi connectivity index (χ4v) is 7.66. The molecule has 4 aliphatic rings. The molecule has 0 bridgehead atoms. The van der Waals surface area contributed by atoms with E-state index in [-0.39, 0.29) is 56.5 Å². The summed E-state index contributed by atoms with van der Waals surface area (Å²) >= 11 is 0. The minimum Gasteiger partial charge on any atom is -0.444 e. The SMILES string of the molecule is C[C@H](CC(=O)[C@@]12C[C@H]1/C=C\CCCCC[C@H](NC(=O)OC(C)(C)C)C(=O)N1C[C@H](OC(=O)N3Cc4cccc(F)c4C3)C[C@H]1C(=O)N2)c1ccc(F)cn1. The molecular formula is C40H49F2N5O7. The standard InChI is InChI=1S/C40H49F2N5O7/c1-24(31-16-15-27(41)20-43-31)17-34(48)40-19-26(40)12-8-6-5-7-9-14-32(44-37(51)54-39(2,3)4)36(50)47-22-28(18-33(47)35(49)45-40)53-38(52)46-21-25-11-10-13-30(42)29(25)23-46/h8,10-13,15-16,20,24,26,28,32-33H,5-7,9,14,17-19,21-23H2,1-4H3,(H,44,51)(H,45,49)/b12-8-/t24-,26-,28-,32+,33+,40-/m1/s1. The fourth-order valence-electron chi connectivity index (χ4n) is 7.66. The first-order chi connectivity index (χ1) is 25.6. The van der Waals surface area contributed by atoms with E-state index in [1.165, 1.54) is 28.0 Å². The number of fused-ring (bicyclic) bond motifs is 3. The molecule has 290 valence electrons. The number of carbonyl (C=O) groups excluding carboxylic acids is 5. The monoisotopic (exact) mass is 749 g/mol. The minimum atomic E-state index is -1.23. The van der Waals surface area contributed by atoms with Crippen molar-refractivity contribution in [3.8, 4) is 0 Å². The van der Waals surface area contributed by atoms with Gasteiger partial charge in [0.15, 0.2) is 5.78 Å². The van der Waals surface area contributed by atoms with E-state index in [0.717, 1.165) is 25.5 Å². The number of alkyl carbamates (subject to hydrolysis) is 1. The van der Waals surface area contributed by atoms with Gasteiger partial charge in [-0.2, -0.15) is 0 Å². The quantitative estimate of drug-likeness (QED) is 0.351. The molecule has 0 radical (unpaired) electrons. The Bertz CT molecular complexity index is 1800. The van der Waals surface area contributed by atoms with E-state index in [0.29, 0.717) is 29.7 Å². The summed E-state index contributed by atoms with van der Waals surface area (Å²) in [5.74, 6) is -2.86. The Hall–Kier alpha value is -4.88. The van der Waals surface area contributed by atoms with Crippen LogP contribution in [0, 0.1) is 17.6 Å². The van der Waals surface area contributed by atoms with Crippen LogP contribution in [0.3, 0.4) is 0 Å². The number of pyridine rings is 1. The highest BCUT2D eigenvalue weighted by atomic mass is 19.1. The maximum atomic E-state index is 14.5. The van der Waals surface area contributed by atoms with Gasteiger partial charge in [0.1, 0.15) is 41.0 Å². The van der Waals surface area contributed by atoms with Crippen molar-refractivity contribution in [1.29, 1.82) is 0 Å². The zero-order valence-electron chi connectivity index (χ0n) is 31.2. The lowest BCUT2D eigenvalue weighted by molar-refractivity contribution is -0.141. The number of allylic oxidation sites excluding steroid dienone is 1. The Morgan fingerprint density at radius 2 is 1.89 bits per heavy atom. The summed E-state index contributed by atoms with van der Waals surface area (Å²) in [7, 11) is 0. The van der Waals surface area contributed by atoms with Crippen LogP contribution in [0.2, 0.25) is 0 Å². The molecule has 1 aliphatic carbocycles. The molecule has 2 aromatic rings. The van der Waals surface area contributed by atoms with Gasteiger partial charge >= 0.3 is 12.2 Å². The van der Waals surface area contributed by atoms with Crippen molar-refractivity contribution < 1.29 is 42.2 Å². The second kappa shape index (κ2) is 15.8. The Morgan fingerprint density at radius 1 is 1.09 bits per heavy atom. The molecule has 1 aromatic carbocycles. The van der Waals surface area contributed by atoms with E-state index < -0.39 is 65.0 Å². The smallest absolute Gasteiger partial charge is 0.410 e. The normalized spacial score (nSPS) is 26.9. The first-order valence-electron chi connectivity index (χ1n) is 18.8. The Morgan fingerprint density at radius 3 is 2.61 bits per heavy atom. The Labute approximate surface area is 314 Å². The lowest BCUT2D eigenvalue weighted by atomic mass is 9.94. The van der Waals surface area contributed by atoms with Gasteiger partial charge in [-0.1, -0.05) is 44.1 Å². The van der Waals surface area contributed by atoms with E-state index in [1.807, 2.05) is 19.1 Å². The molecule has 54 heavy (non-hydrogen) atoms. The lowest BCUT2D eigenvalue weighted by Gasteiger charge is -2.30. The predicted octanol–water partition coefficient (Wildman–Crippen LogP) is 5.83. The van der Waals surface area contributed by atoms with Crippen LogP contribution in [0.5, 0.6) is 0 Å². The largest absolute Gasteiger partial charge is 0.444 e. The maximum Gasteiger partial charge on any atom is 0.410 e. The Balaban J connectivity index is 1.25. The highest BCUT2D eigenvalue weighted by molar-refractivity contribution is 5.99. The second-order valence-electron chi connectivity index (χ2n) is 15.9. The van der Waals surface area contributed by atoms with Crippen molar-refractivity contribution >= 4 is 29.8 Å². The van der Waals surface area contributed by atoms with Crippen molar-refractivity contribution in [2.45, 2.75) is 127 Å². The molecule has 14 heteroatoms. The van der Waals surface area contributed by atoms with Gasteiger partial charge in [0.05, 0.1) is 19.3 Å². The molecule has 6 rings (SSSR count). The average Bonchev–Trinajstić information content (AvgIpc) is 3.40. The number of ketones is 1. The van der Waals surface area contributed by atoms with Gasteiger partial charge in [-0.3, -0.25) is 24.3 Å². The van der Waals surface area contributed by atoms with Crippen molar-refractivity contribution in [2.24, 2.45) is 5.92 Å². The number of hydrogen-bond donors (Lipinski definition) is 2. The number of nitrogens with zero attached hydrogens (tertiary/aromatic N) is 3. The van der Waals surface area contributed by atoms with Crippen molar-refractivity contribution in [2.75, 3.05) is 6.54 Å². The molecule has 2 fully saturated rings. The zero-order valence-corrected chi connectivity index (χ0v) is 31.2. The van der Waals surface area contributed by atoms with Crippen LogP contribution >= 0.6 is 0 Å². The Kier molecular flexibility index (Phi) is 11.4. The summed E-state index contributed by atoms with van der Waals surface area (Å²) in [6, 6.07) is 5.31. The third-order valence-electron chi connectivity index (χ3n) is 10.6. The molecule has 4 amide bonds. The lowest BCUT2D eigenvalue weighted by Crippen LogP contribution is -2.56. The molecule has 3 aliphatic heterocycles. The summed E-state index contributed by atoms with van der Waals surface area (Å²) in [5, 5.41) is 5.72. The summed E-state index contributed by atoms with van der Waals surface area (Å²) in [6.07, 6.45) is 6.24. The molecule has 2 N–H and O–H groups in total. The molecule has 12 nitrogen and oxygen atoms in total. The van der Waals surface area contributed by atoms with Gasteiger partial charge in [-0.25, -0.2) is 18.4 Å². The van der Waals surface area contributed by atoms with Gasteiger partial charge in [0.25, 0.3) is 0 Å². The van der Waals surface area contributed by atoms with E-state index in [1.54, 1.807) is 32.9 Å². The molecular weight excluding hydrogens is 700 g/mol. The third kappa shape index (κ3) is 8.90. The number of amides is 4. The molecule has 1 saturated heterocycles. The van der Waals surface area contributed by atoms with Crippen LogP contribution in [-0.4, -0.2) is 80.4 Å². The average molecular weight is 750 g/mol. The fraction of sp³-hybridized carbons (Fsp3) is 0.550. The molecule has 0 spiro atoms. The van der Waals surface area contributed by atoms with Crippen molar-refractivity contribution in [3.05, 3.63) is 77.1 Å². The number of halogens is 2. The highest BCUT2D eigenvalue weighted by Gasteiger charge is 2.60. The third-order valence-corrected chi connectivity index (χ3v) is 10.6. The molecule has 6 atom stereocenters. The molecule has 1 saturated carbocycles. The van der Waals surface area contributed by atoms with Gasteiger partial charge < -0.3 is 25.0 Å². The number of carbonyl (C=O) groups is 5. The van der Waals surface area contributed by atoms with Crippen LogP contribution in [0.1, 0.15) is 102 Å². The topological polar surface area (TPSA) is 147 Å². The van der Waals surface area contributed by atoms with Crippen LogP contribution in [0.4, 0.5) is 18.4 Å². The van der Waals surface area contributed by atoms with Crippen LogP contribution < -0.4 is 10.6 Å². The van der Waals surface area contributed by atoms with Crippen molar-refractivity contribution in [3.63, 3.8) is 0 Å². The number of ether oxygens (including phenoxy) is 2. The van der Waals surface area contributed by atoms with E-state index in [2.05, 4.69) is 15.6 Å². The summed E-state index contributed by atoms with van der Waals surface area (Å²) in [6.45, 7) is 6.99. The summed E-state index contributed by atoms with van der Waals surface area (Å²) in [5.41, 5.74) is -0.429. The van der Waals surface area contributed by atoms with Crippen molar-refractivity contribution in [1.82, 2.24) is 25.4 Å². The molecule has 0 unspecified atom stereocenters. The number of aromatic nitrogens is 1. The predicted molar refractivity (Wildman–Crippen MR) is 193 cm³/mol. The number of Topliss-reactive ketones (excluding diaryl/α,β-unsaturated/α-hetero) is 1.